The van der Waals surface area contributed by atoms with Crippen LogP contribution in [-0.4, -0.2) is 27.5 Å². The Hall–Kier alpha value is -1.89. The van der Waals surface area contributed by atoms with E-state index in [2.05, 4.69) is 5.32 Å². The fourth-order valence-corrected chi connectivity index (χ4v) is 1.95. The average Bonchev–Trinajstić information content (AvgIpc) is 2.57. The molecular weight excluding hydrogens is 224 g/mol. The first-order valence-corrected chi connectivity index (χ1v) is 5.35. The van der Waals surface area contributed by atoms with E-state index in [-0.39, 0.29) is 29.5 Å². The third-order valence-electron chi connectivity index (χ3n) is 3.02. The van der Waals surface area contributed by atoms with Crippen molar-refractivity contribution in [3.8, 4) is 0 Å². The Balaban J connectivity index is 2.06. The smallest absolute Gasteiger partial charge is 0.323 e. The Morgan fingerprint density at radius 1 is 1.59 bits per heavy atom. The quantitative estimate of drug-likeness (QED) is 0.578. The van der Waals surface area contributed by atoms with Crippen LogP contribution in [0.3, 0.4) is 0 Å². The summed E-state index contributed by atoms with van der Waals surface area (Å²) in [4.78, 5) is 21.9. The minimum Gasteiger partial charge on any atom is -0.358 e. The van der Waals surface area contributed by atoms with Gasteiger partial charge in [0.15, 0.2) is 5.69 Å². The van der Waals surface area contributed by atoms with Crippen LogP contribution >= 0.6 is 0 Å². The lowest BCUT2D eigenvalue weighted by Gasteiger charge is -2.32. The molecule has 7 nitrogen and oxygen atoms in total. The van der Waals surface area contributed by atoms with Crippen LogP contribution in [0.5, 0.6) is 0 Å². The number of amides is 1. The van der Waals surface area contributed by atoms with Crippen molar-refractivity contribution in [3.63, 3.8) is 0 Å². The predicted molar refractivity (Wildman–Crippen MR) is 60.5 cm³/mol. The average molecular weight is 238 g/mol. The van der Waals surface area contributed by atoms with Gasteiger partial charge in [0.05, 0.1) is 7.05 Å². The van der Waals surface area contributed by atoms with Crippen molar-refractivity contribution in [1.82, 2.24) is 9.88 Å². The van der Waals surface area contributed by atoms with E-state index in [9.17, 15) is 14.9 Å². The molecule has 0 bridgehead atoms. The molecule has 2 rings (SSSR count). The number of hydrogen-bond acceptors (Lipinski definition) is 4. The maximum absolute atomic E-state index is 11.8. The van der Waals surface area contributed by atoms with Gasteiger partial charge < -0.3 is 21.2 Å². The molecule has 1 heterocycles. The van der Waals surface area contributed by atoms with Crippen LogP contribution in [0.15, 0.2) is 12.1 Å². The van der Waals surface area contributed by atoms with Crippen molar-refractivity contribution in [2.45, 2.75) is 24.9 Å². The standard InChI is InChI=1S/C10H14N4O3/c1-13-8(2-3-9(13)14(16)17)10(15)12-7-4-6(11)5-7/h2-3,6-7H,4-5,11H2,1H3,(H,12,15). The summed E-state index contributed by atoms with van der Waals surface area (Å²) < 4.78 is 1.27. The molecule has 0 atom stereocenters. The molecule has 0 unspecified atom stereocenters. The highest BCUT2D eigenvalue weighted by molar-refractivity contribution is 5.93. The van der Waals surface area contributed by atoms with Crippen molar-refractivity contribution >= 4 is 11.7 Å². The van der Waals surface area contributed by atoms with Crippen molar-refractivity contribution in [2.24, 2.45) is 12.8 Å². The minimum atomic E-state index is -0.518. The van der Waals surface area contributed by atoms with Crippen LogP contribution in [0.1, 0.15) is 23.3 Å². The number of hydrogen-bond donors (Lipinski definition) is 2. The molecule has 92 valence electrons. The summed E-state index contributed by atoms with van der Waals surface area (Å²) in [5.41, 5.74) is 5.90. The van der Waals surface area contributed by atoms with Gasteiger partial charge in [-0.1, -0.05) is 0 Å². The lowest BCUT2D eigenvalue weighted by atomic mass is 9.87. The van der Waals surface area contributed by atoms with E-state index in [0.717, 1.165) is 12.8 Å². The molecule has 0 aliphatic heterocycles. The van der Waals surface area contributed by atoms with Gasteiger partial charge in [-0.25, -0.2) is 4.57 Å². The minimum absolute atomic E-state index is 0.0893. The van der Waals surface area contributed by atoms with Gasteiger partial charge in [-0.3, -0.25) is 4.79 Å². The van der Waals surface area contributed by atoms with Gasteiger partial charge in [0.2, 0.25) is 0 Å². The zero-order valence-electron chi connectivity index (χ0n) is 9.42. The molecule has 1 aliphatic rings. The van der Waals surface area contributed by atoms with Gasteiger partial charge in [-0.05, 0) is 23.8 Å². The van der Waals surface area contributed by atoms with Gasteiger partial charge in [-0.15, -0.1) is 0 Å². The number of carbonyl (C=O) groups is 1. The number of nitrogens with two attached hydrogens (primary N) is 1. The second-order valence-corrected chi connectivity index (χ2v) is 4.29. The van der Waals surface area contributed by atoms with E-state index in [0.29, 0.717) is 0 Å². The molecule has 0 spiro atoms. The Morgan fingerprint density at radius 2 is 2.24 bits per heavy atom. The Morgan fingerprint density at radius 3 is 2.71 bits per heavy atom. The van der Waals surface area contributed by atoms with E-state index in [1.165, 1.54) is 23.7 Å². The van der Waals surface area contributed by atoms with E-state index in [1.54, 1.807) is 0 Å². The monoisotopic (exact) mass is 238 g/mol. The van der Waals surface area contributed by atoms with Crippen LogP contribution in [0, 0.1) is 10.1 Å². The zero-order valence-corrected chi connectivity index (χ0v) is 9.42. The van der Waals surface area contributed by atoms with E-state index >= 15 is 0 Å². The van der Waals surface area contributed by atoms with Crippen molar-refractivity contribution < 1.29 is 9.72 Å². The third-order valence-corrected chi connectivity index (χ3v) is 3.02. The number of aromatic nitrogens is 1. The van der Waals surface area contributed by atoms with Gasteiger partial charge >= 0.3 is 5.82 Å². The largest absolute Gasteiger partial charge is 0.358 e. The maximum atomic E-state index is 11.8. The lowest BCUT2D eigenvalue weighted by Crippen LogP contribution is -2.50. The van der Waals surface area contributed by atoms with E-state index < -0.39 is 4.92 Å². The Labute approximate surface area is 97.7 Å². The fourth-order valence-electron chi connectivity index (χ4n) is 1.95. The first-order chi connectivity index (χ1) is 7.99. The molecule has 17 heavy (non-hydrogen) atoms. The van der Waals surface area contributed by atoms with Gasteiger partial charge in [0, 0.05) is 18.2 Å². The first kappa shape index (κ1) is 11.6. The summed E-state index contributed by atoms with van der Waals surface area (Å²) in [5, 5.41) is 13.4. The molecule has 3 N–H and O–H groups in total. The molecule has 1 amide bonds. The molecule has 1 aromatic rings. The van der Waals surface area contributed by atoms with Crippen LogP contribution < -0.4 is 11.1 Å². The number of rotatable bonds is 3. The molecule has 0 saturated heterocycles. The van der Waals surface area contributed by atoms with Crippen LogP contribution in [-0.2, 0) is 7.05 Å². The summed E-state index contributed by atoms with van der Waals surface area (Å²) in [6.07, 6.45) is 1.52. The van der Waals surface area contributed by atoms with Crippen molar-refractivity contribution in [1.29, 1.82) is 0 Å². The van der Waals surface area contributed by atoms with Gasteiger partial charge in [-0.2, -0.15) is 0 Å². The SMILES string of the molecule is Cn1c(C(=O)NC2CC(N)C2)ccc1[N+](=O)[O-]. The van der Waals surface area contributed by atoms with Crippen LogP contribution in [0.2, 0.25) is 0 Å². The molecule has 0 aromatic carbocycles. The summed E-state index contributed by atoms with van der Waals surface area (Å²) in [5.74, 6) is -0.391. The lowest BCUT2D eigenvalue weighted by molar-refractivity contribution is -0.391. The first-order valence-electron chi connectivity index (χ1n) is 5.35. The normalized spacial score (nSPS) is 22.9. The van der Waals surface area contributed by atoms with Crippen molar-refractivity contribution in [3.05, 3.63) is 27.9 Å². The molecule has 0 radical (unpaired) electrons. The Bertz CT molecular complexity index is 462. The number of carbonyl (C=O) groups excluding carboxylic acids is 1. The number of nitrogens with zero attached hydrogens (tertiary/aromatic N) is 2. The molecule has 1 aromatic heterocycles. The highest BCUT2D eigenvalue weighted by atomic mass is 16.6. The second kappa shape index (κ2) is 4.17. The second-order valence-electron chi connectivity index (χ2n) is 4.29. The predicted octanol–water partition coefficient (Wildman–Crippen LogP) is 0.153. The summed E-state index contributed by atoms with van der Waals surface area (Å²) in [6.45, 7) is 0. The maximum Gasteiger partial charge on any atom is 0.323 e. The summed E-state index contributed by atoms with van der Waals surface area (Å²) in [6, 6.07) is 3.02. The number of nitrogens with one attached hydrogen (secondary N) is 1. The Kier molecular flexibility index (Phi) is 2.84. The fraction of sp³-hybridized carbons (Fsp3) is 0.500. The van der Waals surface area contributed by atoms with Crippen LogP contribution in [0.25, 0.3) is 0 Å². The van der Waals surface area contributed by atoms with E-state index in [1.807, 2.05) is 0 Å². The summed E-state index contributed by atoms with van der Waals surface area (Å²) in [7, 11) is 1.50. The summed E-state index contributed by atoms with van der Waals surface area (Å²) >= 11 is 0. The third kappa shape index (κ3) is 2.14. The van der Waals surface area contributed by atoms with E-state index in [4.69, 9.17) is 5.73 Å². The highest BCUT2D eigenvalue weighted by Crippen LogP contribution is 2.19. The topological polar surface area (TPSA) is 103 Å². The molecule has 1 saturated carbocycles. The van der Waals surface area contributed by atoms with Gasteiger partial charge in [0.1, 0.15) is 0 Å². The van der Waals surface area contributed by atoms with Crippen molar-refractivity contribution in [2.75, 3.05) is 0 Å². The molecule has 1 fully saturated rings. The highest BCUT2D eigenvalue weighted by Gasteiger charge is 2.29. The zero-order chi connectivity index (χ0) is 12.6. The number of nitro groups is 1. The molecular formula is C10H14N4O3. The van der Waals surface area contributed by atoms with Crippen LogP contribution in [0.4, 0.5) is 5.82 Å². The molecule has 1 aliphatic carbocycles. The molecule has 7 heteroatoms. The van der Waals surface area contributed by atoms with Gasteiger partial charge in [0.25, 0.3) is 5.91 Å².